The van der Waals surface area contributed by atoms with Crippen molar-refractivity contribution in [1.82, 2.24) is 8.87 Å². The molecule has 0 aliphatic rings. The molecule has 0 saturated heterocycles. The molecule has 41 heavy (non-hydrogen) atoms. The number of nitrogens with zero attached hydrogens (tertiary/aromatic N) is 2. The van der Waals surface area contributed by atoms with Crippen LogP contribution in [0.15, 0.2) is 77.0 Å². The summed E-state index contributed by atoms with van der Waals surface area (Å²) in [5.41, 5.74) is 7.29. The van der Waals surface area contributed by atoms with Gasteiger partial charge in [0, 0.05) is 17.1 Å². The molecule has 2 aromatic heterocycles. The second kappa shape index (κ2) is 12.5. The Labute approximate surface area is 242 Å². The maximum absolute atomic E-state index is 13.8. The quantitative estimate of drug-likeness (QED) is 0.194. The predicted molar refractivity (Wildman–Crippen MR) is 154 cm³/mol. The standard InChI is InChI=1S/C29H29N3O7S2/c1-19-25(28(30)34)15-26(32(19)17-23-5-4-14-40-23)27(33)18-31(16-20-6-8-21(9-7-20)29(35)39-3)41(36,37)24-12-10-22(38-2)11-13-24/h4-15H,16-18H2,1-3H3,(H2,30,34). The SMILES string of the molecule is COC(=O)c1ccc(CN(CC(=O)c2cc(C(N)=O)c(C)n2Cc2cccs2)S(=O)(=O)c2ccc(OC)cc2)cc1. The van der Waals surface area contributed by atoms with Crippen LogP contribution in [0.1, 0.15) is 47.3 Å². The van der Waals surface area contributed by atoms with Crippen LogP contribution in [0.3, 0.4) is 0 Å². The first-order chi connectivity index (χ1) is 19.5. The van der Waals surface area contributed by atoms with Crippen LogP contribution in [-0.2, 0) is 27.8 Å². The average molecular weight is 596 g/mol. The predicted octanol–water partition coefficient (Wildman–Crippen LogP) is 3.87. The van der Waals surface area contributed by atoms with Gasteiger partial charge in [-0.3, -0.25) is 9.59 Å². The third-order valence-electron chi connectivity index (χ3n) is 6.56. The van der Waals surface area contributed by atoms with E-state index in [2.05, 4.69) is 0 Å². The monoisotopic (exact) mass is 595 g/mol. The zero-order chi connectivity index (χ0) is 29.7. The molecule has 0 fully saturated rings. The summed E-state index contributed by atoms with van der Waals surface area (Å²) in [6, 6.07) is 17.3. The van der Waals surface area contributed by atoms with Gasteiger partial charge in [0.05, 0.1) is 49.0 Å². The number of rotatable bonds is 12. The van der Waals surface area contributed by atoms with Crippen molar-refractivity contribution in [3.8, 4) is 5.75 Å². The highest BCUT2D eigenvalue weighted by atomic mass is 32.2. The van der Waals surface area contributed by atoms with Crippen molar-refractivity contribution in [3.63, 3.8) is 0 Å². The molecule has 2 N–H and O–H groups in total. The Morgan fingerprint density at radius 2 is 1.68 bits per heavy atom. The maximum atomic E-state index is 13.8. The Kier molecular flexibility index (Phi) is 9.06. The van der Waals surface area contributed by atoms with Crippen LogP contribution in [-0.4, -0.2) is 55.7 Å². The molecule has 0 aliphatic heterocycles. The van der Waals surface area contributed by atoms with Crippen molar-refractivity contribution in [2.24, 2.45) is 5.73 Å². The number of sulfonamides is 1. The molecular formula is C29H29N3O7S2. The molecular weight excluding hydrogens is 566 g/mol. The number of ether oxygens (including phenoxy) is 2. The molecule has 2 aromatic carbocycles. The minimum absolute atomic E-state index is 0.0275. The van der Waals surface area contributed by atoms with Gasteiger partial charge in [0.1, 0.15) is 5.75 Å². The number of nitrogens with two attached hydrogens (primary N) is 1. The van der Waals surface area contributed by atoms with E-state index in [1.807, 2.05) is 17.5 Å². The lowest BCUT2D eigenvalue weighted by atomic mass is 10.1. The van der Waals surface area contributed by atoms with E-state index in [9.17, 15) is 22.8 Å². The van der Waals surface area contributed by atoms with Gasteiger partial charge in [-0.15, -0.1) is 11.3 Å². The van der Waals surface area contributed by atoms with E-state index in [-0.39, 0.29) is 22.7 Å². The lowest BCUT2D eigenvalue weighted by Gasteiger charge is -2.22. The molecule has 0 saturated carbocycles. The van der Waals surface area contributed by atoms with Crippen LogP contribution in [0.5, 0.6) is 5.75 Å². The zero-order valence-corrected chi connectivity index (χ0v) is 24.3. The fraction of sp³-hybridized carbons (Fsp3) is 0.207. The summed E-state index contributed by atoms with van der Waals surface area (Å²) >= 11 is 1.49. The minimum Gasteiger partial charge on any atom is -0.497 e. The van der Waals surface area contributed by atoms with Crippen molar-refractivity contribution >= 4 is 39.0 Å². The Bertz CT molecular complexity index is 1660. The third-order valence-corrected chi connectivity index (χ3v) is 9.23. The van der Waals surface area contributed by atoms with Crippen LogP contribution >= 0.6 is 11.3 Å². The molecule has 0 atom stereocenters. The lowest BCUT2D eigenvalue weighted by Crippen LogP contribution is -2.36. The number of esters is 1. The number of primary amides is 1. The first kappa shape index (κ1) is 29.7. The number of methoxy groups -OCH3 is 2. The number of ketones is 1. The molecule has 1 amide bonds. The number of hydrogen-bond donors (Lipinski definition) is 1. The van der Waals surface area contributed by atoms with Gasteiger partial charge in [0.25, 0.3) is 5.91 Å². The number of aromatic nitrogens is 1. The summed E-state index contributed by atoms with van der Waals surface area (Å²) in [6.07, 6.45) is 0. The summed E-state index contributed by atoms with van der Waals surface area (Å²) in [6.45, 7) is 1.34. The Morgan fingerprint density at radius 3 is 2.24 bits per heavy atom. The normalized spacial score (nSPS) is 11.4. The average Bonchev–Trinajstić information content (AvgIpc) is 3.60. The van der Waals surface area contributed by atoms with Crippen molar-refractivity contribution in [2.75, 3.05) is 20.8 Å². The summed E-state index contributed by atoms with van der Waals surface area (Å²) in [5, 5.41) is 1.90. The second-order valence-corrected chi connectivity index (χ2v) is 12.1. The Morgan fingerprint density at radius 1 is 1.00 bits per heavy atom. The highest BCUT2D eigenvalue weighted by Gasteiger charge is 2.30. The van der Waals surface area contributed by atoms with Gasteiger partial charge in [-0.1, -0.05) is 18.2 Å². The summed E-state index contributed by atoms with van der Waals surface area (Å²) in [4.78, 5) is 38.7. The van der Waals surface area contributed by atoms with E-state index >= 15 is 0 Å². The molecule has 0 aliphatic carbocycles. The smallest absolute Gasteiger partial charge is 0.337 e. The van der Waals surface area contributed by atoms with E-state index in [1.54, 1.807) is 23.6 Å². The van der Waals surface area contributed by atoms with Crippen LogP contribution in [0, 0.1) is 6.92 Å². The van der Waals surface area contributed by atoms with Crippen LogP contribution in [0.2, 0.25) is 0 Å². The first-order valence-electron chi connectivity index (χ1n) is 12.4. The van der Waals surface area contributed by atoms with Crippen molar-refractivity contribution in [2.45, 2.75) is 24.9 Å². The third kappa shape index (κ3) is 6.56. The van der Waals surface area contributed by atoms with Gasteiger partial charge in [-0.25, -0.2) is 13.2 Å². The Hall–Kier alpha value is -4.26. The van der Waals surface area contributed by atoms with Crippen LogP contribution in [0.25, 0.3) is 0 Å². The summed E-state index contributed by atoms with van der Waals surface area (Å²) < 4.78 is 40.3. The van der Waals surface area contributed by atoms with Crippen LogP contribution in [0.4, 0.5) is 0 Å². The van der Waals surface area contributed by atoms with Gasteiger partial charge in [0.2, 0.25) is 10.0 Å². The molecule has 2 heterocycles. The van der Waals surface area contributed by atoms with E-state index in [4.69, 9.17) is 15.2 Å². The largest absolute Gasteiger partial charge is 0.497 e. The zero-order valence-electron chi connectivity index (χ0n) is 22.7. The topological polar surface area (TPSA) is 138 Å². The van der Waals surface area contributed by atoms with Crippen molar-refractivity contribution < 1.29 is 32.3 Å². The van der Waals surface area contributed by atoms with Gasteiger partial charge in [0.15, 0.2) is 5.78 Å². The van der Waals surface area contributed by atoms with Gasteiger partial charge < -0.3 is 19.8 Å². The van der Waals surface area contributed by atoms with Gasteiger partial charge in [-0.2, -0.15) is 4.31 Å². The number of amides is 1. The fourth-order valence-electron chi connectivity index (χ4n) is 4.32. The highest BCUT2D eigenvalue weighted by Crippen LogP contribution is 2.24. The molecule has 12 heteroatoms. The first-order valence-corrected chi connectivity index (χ1v) is 14.7. The number of hydrogen-bond acceptors (Lipinski definition) is 8. The van der Waals surface area contributed by atoms with E-state index in [0.717, 1.165) is 9.18 Å². The lowest BCUT2D eigenvalue weighted by molar-refractivity contribution is 0.0600. The number of Topliss-reactive ketones (excluding diaryl/α,β-unsaturated/α-hetero) is 1. The molecule has 4 aromatic rings. The number of thiophene rings is 1. The maximum Gasteiger partial charge on any atom is 0.337 e. The summed E-state index contributed by atoms with van der Waals surface area (Å²) in [5.74, 6) is -1.25. The number of carbonyl (C=O) groups is 3. The Balaban J connectivity index is 1.72. The van der Waals surface area contributed by atoms with Crippen molar-refractivity contribution in [3.05, 3.63) is 105 Å². The number of benzene rings is 2. The molecule has 0 bridgehead atoms. The molecule has 0 radical (unpaired) electrons. The fourth-order valence-corrected chi connectivity index (χ4v) is 6.40. The molecule has 0 unspecified atom stereocenters. The molecule has 0 spiro atoms. The van der Waals surface area contributed by atoms with Gasteiger partial charge >= 0.3 is 5.97 Å². The summed E-state index contributed by atoms with van der Waals surface area (Å²) in [7, 11) is -1.43. The second-order valence-electron chi connectivity index (χ2n) is 9.12. The molecule has 10 nitrogen and oxygen atoms in total. The molecule has 214 valence electrons. The molecule has 4 rings (SSSR count). The van der Waals surface area contributed by atoms with E-state index in [0.29, 0.717) is 29.1 Å². The van der Waals surface area contributed by atoms with Crippen molar-refractivity contribution in [1.29, 1.82) is 0 Å². The van der Waals surface area contributed by atoms with E-state index < -0.39 is 34.2 Å². The minimum atomic E-state index is -4.17. The highest BCUT2D eigenvalue weighted by molar-refractivity contribution is 7.89. The number of carbonyl (C=O) groups excluding carboxylic acids is 3. The van der Waals surface area contributed by atoms with E-state index in [1.165, 1.54) is 68.0 Å². The van der Waals surface area contributed by atoms with Gasteiger partial charge in [-0.05, 0) is 66.4 Å². The van der Waals surface area contributed by atoms with Crippen LogP contribution < -0.4 is 10.5 Å².